The highest BCUT2D eigenvalue weighted by atomic mass is 19.4. The maximum atomic E-state index is 13.3. The van der Waals surface area contributed by atoms with Crippen LogP contribution in [-0.4, -0.2) is 5.91 Å². The Balaban J connectivity index is 2.20. The van der Waals surface area contributed by atoms with E-state index in [1.54, 1.807) is 18.2 Å². The van der Waals surface area contributed by atoms with Gasteiger partial charge in [0.1, 0.15) is 5.82 Å². The lowest BCUT2D eigenvalue weighted by atomic mass is 10.1. The quantitative estimate of drug-likeness (QED) is 0.826. The molecule has 2 aromatic rings. The Morgan fingerprint density at radius 1 is 1.00 bits per heavy atom. The fourth-order valence-corrected chi connectivity index (χ4v) is 1.62. The molecule has 0 bridgehead atoms. The SMILES string of the molecule is O=C(Nc1ccc(C(F)(F)F)c(F)c1)c1ccccc1. The van der Waals surface area contributed by atoms with Crippen molar-refractivity contribution < 1.29 is 22.4 Å². The molecule has 6 heteroatoms. The molecule has 2 aromatic carbocycles. The van der Waals surface area contributed by atoms with Gasteiger partial charge in [0.2, 0.25) is 0 Å². The number of benzene rings is 2. The number of carbonyl (C=O) groups is 1. The van der Waals surface area contributed by atoms with Gasteiger partial charge in [-0.1, -0.05) is 18.2 Å². The topological polar surface area (TPSA) is 29.1 Å². The molecule has 2 nitrogen and oxygen atoms in total. The molecule has 0 fully saturated rings. The number of rotatable bonds is 2. The fraction of sp³-hybridized carbons (Fsp3) is 0.0714. The maximum absolute atomic E-state index is 13.3. The van der Waals surface area contributed by atoms with Gasteiger partial charge in [0, 0.05) is 11.3 Å². The van der Waals surface area contributed by atoms with E-state index in [-0.39, 0.29) is 5.69 Å². The van der Waals surface area contributed by atoms with Gasteiger partial charge in [-0.05, 0) is 30.3 Å². The van der Waals surface area contributed by atoms with Gasteiger partial charge in [-0.15, -0.1) is 0 Å². The van der Waals surface area contributed by atoms with Gasteiger partial charge in [-0.2, -0.15) is 13.2 Å². The monoisotopic (exact) mass is 283 g/mol. The van der Waals surface area contributed by atoms with Gasteiger partial charge < -0.3 is 5.32 Å². The number of anilines is 1. The third-order valence-corrected chi connectivity index (χ3v) is 2.57. The van der Waals surface area contributed by atoms with Gasteiger partial charge >= 0.3 is 6.18 Å². The maximum Gasteiger partial charge on any atom is 0.419 e. The van der Waals surface area contributed by atoms with Gasteiger partial charge in [-0.3, -0.25) is 4.79 Å². The molecule has 0 radical (unpaired) electrons. The summed E-state index contributed by atoms with van der Waals surface area (Å²) in [5.41, 5.74) is -1.08. The summed E-state index contributed by atoms with van der Waals surface area (Å²) >= 11 is 0. The van der Waals surface area contributed by atoms with Crippen LogP contribution in [0.25, 0.3) is 0 Å². The summed E-state index contributed by atoms with van der Waals surface area (Å²) in [5, 5.41) is 2.33. The normalized spacial score (nSPS) is 11.2. The zero-order chi connectivity index (χ0) is 14.8. The van der Waals surface area contributed by atoms with Crippen molar-refractivity contribution in [2.75, 3.05) is 5.32 Å². The van der Waals surface area contributed by atoms with Crippen LogP contribution in [0.2, 0.25) is 0 Å². The van der Waals surface area contributed by atoms with Crippen LogP contribution >= 0.6 is 0 Å². The second-order valence-electron chi connectivity index (χ2n) is 4.01. The Kier molecular flexibility index (Phi) is 3.74. The first kappa shape index (κ1) is 14.0. The Hall–Kier alpha value is -2.37. The summed E-state index contributed by atoms with van der Waals surface area (Å²) in [5.74, 6) is -1.95. The Morgan fingerprint density at radius 2 is 1.65 bits per heavy atom. The van der Waals surface area contributed by atoms with Crippen molar-refractivity contribution >= 4 is 11.6 Å². The molecule has 0 aliphatic rings. The third kappa shape index (κ3) is 3.14. The molecule has 1 N–H and O–H groups in total. The lowest BCUT2D eigenvalue weighted by molar-refractivity contribution is -0.139. The molecular formula is C14H9F4NO. The second-order valence-corrected chi connectivity index (χ2v) is 4.01. The average Bonchev–Trinajstić information content (AvgIpc) is 2.38. The Morgan fingerprint density at radius 3 is 2.20 bits per heavy atom. The minimum absolute atomic E-state index is 0.0376. The van der Waals surface area contributed by atoms with E-state index >= 15 is 0 Å². The highest BCUT2D eigenvalue weighted by molar-refractivity contribution is 6.04. The number of hydrogen-bond acceptors (Lipinski definition) is 1. The summed E-state index contributed by atoms with van der Waals surface area (Å²) in [6.45, 7) is 0. The van der Waals surface area contributed by atoms with Crippen LogP contribution in [0, 0.1) is 5.82 Å². The summed E-state index contributed by atoms with van der Waals surface area (Å²) in [7, 11) is 0. The largest absolute Gasteiger partial charge is 0.419 e. The number of halogens is 4. The van der Waals surface area contributed by atoms with Crippen LogP contribution in [0.4, 0.5) is 23.2 Å². The zero-order valence-corrected chi connectivity index (χ0v) is 10.0. The van der Waals surface area contributed by atoms with E-state index < -0.39 is 23.5 Å². The zero-order valence-electron chi connectivity index (χ0n) is 10.0. The number of nitrogens with one attached hydrogen (secondary N) is 1. The van der Waals surface area contributed by atoms with Crippen LogP contribution in [0.1, 0.15) is 15.9 Å². The van der Waals surface area contributed by atoms with Gasteiger partial charge in [0.25, 0.3) is 5.91 Å². The molecular weight excluding hydrogens is 274 g/mol. The van der Waals surface area contributed by atoms with Gasteiger partial charge in [0.15, 0.2) is 0 Å². The van der Waals surface area contributed by atoms with E-state index in [1.165, 1.54) is 12.1 Å². The lowest BCUT2D eigenvalue weighted by Crippen LogP contribution is -2.13. The van der Waals surface area contributed by atoms with Crippen LogP contribution < -0.4 is 5.32 Å². The van der Waals surface area contributed by atoms with Crippen molar-refractivity contribution in [1.29, 1.82) is 0 Å². The van der Waals surface area contributed by atoms with Crippen molar-refractivity contribution in [2.45, 2.75) is 6.18 Å². The van der Waals surface area contributed by atoms with E-state index in [1.807, 2.05) is 0 Å². The van der Waals surface area contributed by atoms with Crippen LogP contribution in [-0.2, 0) is 6.18 Å². The standard InChI is InChI=1S/C14H9F4NO/c15-12-8-10(6-7-11(12)14(16,17)18)19-13(20)9-4-2-1-3-5-9/h1-8H,(H,19,20). The van der Waals surface area contributed by atoms with Crippen LogP contribution in [0.5, 0.6) is 0 Å². The average molecular weight is 283 g/mol. The molecule has 0 spiro atoms. The predicted octanol–water partition coefficient (Wildman–Crippen LogP) is 4.10. The highest BCUT2D eigenvalue weighted by Crippen LogP contribution is 2.32. The number of hydrogen-bond donors (Lipinski definition) is 1. The molecule has 0 aliphatic heterocycles. The van der Waals surface area contributed by atoms with E-state index in [0.717, 1.165) is 6.07 Å². The highest BCUT2D eigenvalue weighted by Gasteiger charge is 2.33. The summed E-state index contributed by atoms with van der Waals surface area (Å²) in [4.78, 5) is 11.8. The molecule has 0 aliphatic carbocycles. The molecule has 2 rings (SSSR count). The fourth-order valence-electron chi connectivity index (χ4n) is 1.62. The Bertz CT molecular complexity index is 623. The first-order valence-electron chi connectivity index (χ1n) is 5.61. The smallest absolute Gasteiger partial charge is 0.322 e. The molecule has 0 saturated heterocycles. The molecule has 0 unspecified atom stereocenters. The molecule has 0 aromatic heterocycles. The first-order valence-corrected chi connectivity index (χ1v) is 5.61. The predicted molar refractivity (Wildman–Crippen MR) is 65.8 cm³/mol. The van der Waals surface area contributed by atoms with Gasteiger partial charge in [-0.25, -0.2) is 4.39 Å². The molecule has 1 amide bonds. The number of amides is 1. The van der Waals surface area contributed by atoms with Crippen molar-refractivity contribution in [2.24, 2.45) is 0 Å². The van der Waals surface area contributed by atoms with Crippen LogP contribution in [0.3, 0.4) is 0 Å². The molecule has 20 heavy (non-hydrogen) atoms. The summed E-state index contributed by atoms with van der Waals surface area (Å²) in [6, 6.07) is 10.3. The summed E-state index contributed by atoms with van der Waals surface area (Å²) in [6.07, 6.45) is -4.76. The lowest BCUT2D eigenvalue weighted by Gasteiger charge is -2.10. The van der Waals surface area contributed by atoms with Crippen molar-refractivity contribution in [3.63, 3.8) is 0 Å². The molecule has 0 saturated carbocycles. The molecule has 104 valence electrons. The second kappa shape index (κ2) is 5.32. The first-order chi connectivity index (χ1) is 9.38. The number of carbonyl (C=O) groups excluding carboxylic acids is 1. The van der Waals surface area contributed by atoms with Crippen molar-refractivity contribution in [3.8, 4) is 0 Å². The summed E-state index contributed by atoms with van der Waals surface area (Å²) < 4.78 is 50.5. The molecule has 0 heterocycles. The van der Waals surface area contributed by atoms with Crippen molar-refractivity contribution in [1.82, 2.24) is 0 Å². The van der Waals surface area contributed by atoms with E-state index in [2.05, 4.69) is 5.32 Å². The third-order valence-electron chi connectivity index (χ3n) is 2.57. The molecule has 0 atom stereocenters. The van der Waals surface area contributed by atoms with Crippen LogP contribution in [0.15, 0.2) is 48.5 Å². The van der Waals surface area contributed by atoms with E-state index in [9.17, 15) is 22.4 Å². The van der Waals surface area contributed by atoms with Gasteiger partial charge in [0.05, 0.1) is 5.56 Å². The van der Waals surface area contributed by atoms with E-state index in [4.69, 9.17) is 0 Å². The van der Waals surface area contributed by atoms with E-state index in [0.29, 0.717) is 17.7 Å². The minimum Gasteiger partial charge on any atom is -0.322 e. The Labute approximate surface area is 112 Å². The van der Waals surface area contributed by atoms with Crippen molar-refractivity contribution in [3.05, 3.63) is 65.5 Å². The minimum atomic E-state index is -4.76. The number of alkyl halides is 3.